The molecule has 0 unspecified atom stereocenters. The molecule has 0 radical (unpaired) electrons. The summed E-state index contributed by atoms with van der Waals surface area (Å²) in [5, 5.41) is 25.9. The van der Waals surface area contributed by atoms with Crippen LogP contribution >= 0.6 is 0 Å². The second kappa shape index (κ2) is 9.88. The summed E-state index contributed by atoms with van der Waals surface area (Å²) in [5.74, 6) is 0.498. The van der Waals surface area contributed by atoms with Gasteiger partial charge in [0.05, 0.1) is 0 Å². The first kappa shape index (κ1) is 17.1. The molecular weight excluding hydrogens is 276 g/mol. The summed E-state index contributed by atoms with van der Waals surface area (Å²) >= 11 is 0. The first-order valence-electron chi connectivity index (χ1n) is 6.81. The van der Waals surface area contributed by atoms with Gasteiger partial charge in [-0.05, 0) is 31.2 Å². The molecule has 0 aromatic heterocycles. The van der Waals surface area contributed by atoms with Crippen LogP contribution in [0.15, 0.2) is 84.9 Å². The highest BCUT2D eigenvalue weighted by molar-refractivity contribution is 5.30. The molecule has 3 aromatic carbocycles. The zero-order chi connectivity index (χ0) is 16.2. The lowest BCUT2D eigenvalue weighted by Crippen LogP contribution is -1.62. The van der Waals surface area contributed by atoms with Gasteiger partial charge in [0, 0.05) is 6.07 Å². The maximum absolute atomic E-state index is 8.65. The number of phenols is 3. The van der Waals surface area contributed by atoms with Crippen molar-refractivity contribution in [3.63, 3.8) is 0 Å². The zero-order valence-electron chi connectivity index (χ0n) is 12.4. The van der Waals surface area contributed by atoms with Gasteiger partial charge in [0.2, 0.25) is 0 Å². The SMILES string of the molecule is Cc1ccccc1.Oc1cccc(O)c1.Oc1ccccc1. The van der Waals surface area contributed by atoms with Gasteiger partial charge in [-0.3, -0.25) is 0 Å². The zero-order valence-corrected chi connectivity index (χ0v) is 12.4. The fourth-order valence-electron chi connectivity index (χ4n) is 1.46. The van der Waals surface area contributed by atoms with Gasteiger partial charge in [0.15, 0.2) is 0 Å². The monoisotopic (exact) mass is 296 g/mol. The predicted molar refractivity (Wildman–Crippen MR) is 89.1 cm³/mol. The van der Waals surface area contributed by atoms with Crippen LogP contribution in [0.2, 0.25) is 0 Å². The number of para-hydroxylation sites is 1. The molecule has 3 aromatic rings. The first-order valence-corrected chi connectivity index (χ1v) is 6.81. The third kappa shape index (κ3) is 8.27. The second-order valence-corrected chi connectivity index (χ2v) is 4.51. The highest BCUT2D eigenvalue weighted by Gasteiger charge is 1.85. The molecule has 0 fully saturated rings. The Labute approximate surface area is 130 Å². The van der Waals surface area contributed by atoms with Crippen molar-refractivity contribution in [2.75, 3.05) is 0 Å². The Morgan fingerprint density at radius 3 is 1.14 bits per heavy atom. The summed E-state index contributed by atoms with van der Waals surface area (Å²) in [5.41, 5.74) is 1.32. The molecule has 0 aliphatic rings. The van der Waals surface area contributed by atoms with Crippen LogP contribution in [0.4, 0.5) is 0 Å². The minimum absolute atomic E-state index is 0.0880. The molecule has 0 saturated carbocycles. The van der Waals surface area contributed by atoms with Gasteiger partial charge >= 0.3 is 0 Å². The molecule has 0 amide bonds. The highest BCUT2D eigenvalue weighted by atomic mass is 16.3. The number of phenolic OH excluding ortho intramolecular Hbond substituents is 3. The number of aromatic hydroxyl groups is 3. The number of rotatable bonds is 0. The van der Waals surface area contributed by atoms with Crippen LogP contribution in [0.1, 0.15) is 5.56 Å². The minimum Gasteiger partial charge on any atom is -0.508 e. The smallest absolute Gasteiger partial charge is 0.119 e. The fourth-order valence-corrected chi connectivity index (χ4v) is 1.46. The van der Waals surface area contributed by atoms with Crippen LogP contribution in [-0.4, -0.2) is 15.3 Å². The highest BCUT2D eigenvalue weighted by Crippen LogP contribution is 2.14. The second-order valence-electron chi connectivity index (χ2n) is 4.51. The van der Waals surface area contributed by atoms with Gasteiger partial charge in [-0.15, -0.1) is 0 Å². The van der Waals surface area contributed by atoms with E-state index in [1.807, 2.05) is 24.3 Å². The average Bonchev–Trinajstić information content (AvgIpc) is 2.50. The van der Waals surface area contributed by atoms with Crippen molar-refractivity contribution in [3.8, 4) is 17.2 Å². The van der Waals surface area contributed by atoms with Crippen molar-refractivity contribution in [1.82, 2.24) is 0 Å². The van der Waals surface area contributed by atoms with Gasteiger partial charge in [0.1, 0.15) is 17.2 Å². The summed E-state index contributed by atoms with van der Waals surface area (Å²) in [6.07, 6.45) is 0. The molecule has 22 heavy (non-hydrogen) atoms. The van der Waals surface area contributed by atoms with E-state index < -0.39 is 0 Å². The van der Waals surface area contributed by atoms with Crippen molar-refractivity contribution in [2.24, 2.45) is 0 Å². The Morgan fingerprint density at radius 2 is 0.909 bits per heavy atom. The number of hydrogen-bond donors (Lipinski definition) is 3. The molecule has 0 saturated heterocycles. The van der Waals surface area contributed by atoms with Gasteiger partial charge < -0.3 is 15.3 Å². The standard InChI is InChI=1S/C7H8.C6H6O2.C6H6O/c1-7-5-3-2-4-6-7;7-5-2-1-3-6(8)4-5;7-6-4-2-1-3-5-6/h2-6H,1H3;1-4,7-8H;1-5,7H. The van der Waals surface area contributed by atoms with Crippen LogP contribution in [-0.2, 0) is 0 Å². The van der Waals surface area contributed by atoms with E-state index in [0.29, 0.717) is 5.75 Å². The molecule has 0 bridgehead atoms. The fraction of sp³-hybridized carbons (Fsp3) is 0.0526. The summed E-state index contributed by atoms with van der Waals surface area (Å²) in [6.45, 7) is 2.08. The lowest BCUT2D eigenvalue weighted by molar-refractivity contribution is 0.450. The van der Waals surface area contributed by atoms with Crippen molar-refractivity contribution in [1.29, 1.82) is 0 Å². The predicted octanol–water partition coefficient (Wildman–Crippen LogP) is 4.49. The lowest BCUT2D eigenvalue weighted by atomic mass is 10.2. The molecule has 3 rings (SSSR count). The van der Waals surface area contributed by atoms with Gasteiger partial charge in [-0.1, -0.05) is 60.2 Å². The molecule has 0 aliphatic heterocycles. The Hall–Kier alpha value is -2.94. The Balaban J connectivity index is 0.000000166. The molecule has 3 nitrogen and oxygen atoms in total. The number of benzene rings is 3. The molecule has 114 valence electrons. The molecule has 0 aliphatic carbocycles. The molecule has 0 heterocycles. The van der Waals surface area contributed by atoms with E-state index in [0.717, 1.165) is 0 Å². The largest absolute Gasteiger partial charge is 0.508 e. The van der Waals surface area contributed by atoms with E-state index >= 15 is 0 Å². The third-order valence-electron chi connectivity index (χ3n) is 2.53. The summed E-state index contributed by atoms with van der Waals surface area (Å²) in [6, 6.07) is 24.8. The van der Waals surface area contributed by atoms with Gasteiger partial charge in [-0.2, -0.15) is 0 Å². The van der Waals surface area contributed by atoms with Gasteiger partial charge in [-0.25, -0.2) is 0 Å². The Bertz CT molecular complexity index is 582. The van der Waals surface area contributed by atoms with E-state index in [1.165, 1.54) is 23.8 Å². The van der Waals surface area contributed by atoms with Crippen LogP contribution in [0.5, 0.6) is 17.2 Å². The van der Waals surface area contributed by atoms with Crippen LogP contribution in [0, 0.1) is 6.92 Å². The molecule has 3 heteroatoms. The molecular formula is C19H20O3. The lowest BCUT2D eigenvalue weighted by Gasteiger charge is -1.89. The molecule has 3 N–H and O–H groups in total. The normalized spacial score (nSPS) is 8.77. The maximum Gasteiger partial charge on any atom is 0.119 e. The number of aryl methyl sites for hydroxylation is 1. The van der Waals surface area contributed by atoms with Crippen molar-refractivity contribution < 1.29 is 15.3 Å². The quantitative estimate of drug-likeness (QED) is 0.573. The van der Waals surface area contributed by atoms with Crippen LogP contribution in [0.25, 0.3) is 0 Å². The maximum atomic E-state index is 8.65. The average molecular weight is 296 g/mol. The van der Waals surface area contributed by atoms with E-state index in [9.17, 15) is 0 Å². The van der Waals surface area contributed by atoms with E-state index in [4.69, 9.17) is 15.3 Å². The van der Waals surface area contributed by atoms with Crippen molar-refractivity contribution in [3.05, 3.63) is 90.5 Å². The van der Waals surface area contributed by atoms with E-state index in [-0.39, 0.29) is 11.5 Å². The summed E-state index contributed by atoms with van der Waals surface area (Å²) in [4.78, 5) is 0. The third-order valence-corrected chi connectivity index (χ3v) is 2.53. The number of hydrogen-bond acceptors (Lipinski definition) is 3. The Kier molecular flexibility index (Phi) is 7.69. The molecule has 0 spiro atoms. The minimum atomic E-state index is 0.0880. The van der Waals surface area contributed by atoms with Crippen LogP contribution < -0.4 is 0 Å². The Morgan fingerprint density at radius 1 is 0.500 bits per heavy atom. The topological polar surface area (TPSA) is 60.7 Å². The van der Waals surface area contributed by atoms with Crippen molar-refractivity contribution >= 4 is 0 Å². The summed E-state index contributed by atoms with van der Waals surface area (Å²) in [7, 11) is 0. The van der Waals surface area contributed by atoms with Crippen molar-refractivity contribution in [2.45, 2.75) is 6.92 Å². The first-order chi connectivity index (χ1) is 10.6. The van der Waals surface area contributed by atoms with Crippen LogP contribution in [0.3, 0.4) is 0 Å². The van der Waals surface area contributed by atoms with E-state index in [2.05, 4.69) is 19.1 Å². The molecule has 0 atom stereocenters. The van der Waals surface area contributed by atoms with Gasteiger partial charge in [0.25, 0.3) is 0 Å². The summed E-state index contributed by atoms with van der Waals surface area (Å²) < 4.78 is 0. The van der Waals surface area contributed by atoms with E-state index in [1.54, 1.807) is 30.3 Å².